The maximum absolute atomic E-state index is 11.7. The maximum Gasteiger partial charge on any atom is 0.181 e. The molecular weight excluding hydrogens is 496 g/mol. The number of aromatic hydroxyl groups is 3. The summed E-state index contributed by atoms with van der Waals surface area (Å²) in [6.07, 6.45) is 0. The number of phenolic OH excluding ortho intramolecular Hbond substituents is 3. The minimum Gasteiger partial charge on any atom is -0.504 e. The van der Waals surface area contributed by atoms with E-state index in [4.69, 9.17) is 4.42 Å². The number of rotatable bonds is 2. The van der Waals surface area contributed by atoms with Gasteiger partial charge >= 0.3 is 0 Å². The van der Waals surface area contributed by atoms with E-state index in [1.165, 1.54) is 0 Å². The zero-order valence-electron chi connectivity index (χ0n) is 21.2. The fourth-order valence-corrected chi connectivity index (χ4v) is 6.28. The normalized spacial score (nSPS) is 11.8. The second-order valence-corrected chi connectivity index (χ2v) is 10.1. The molecule has 40 heavy (non-hydrogen) atoms. The molecule has 190 valence electrons. The van der Waals surface area contributed by atoms with Gasteiger partial charge in [0.05, 0.1) is 10.9 Å². The van der Waals surface area contributed by atoms with Crippen molar-refractivity contribution < 1.29 is 19.7 Å². The molecule has 0 aliphatic heterocycles. The van der Waals surface area contributed by atoms with Gasteiger partial charge in [-0.05, 0) is 49.5 Å². The predicted molar refractivity (Wildman–Crippen MR) is 162 cm³/mol. The Balaban J connectivity index is 1.57. The first-order chi connectivity index (χ1) is 19.6. The lowest BCUT2D eigenvalue weighted by molar-refractivity contribution is 0.403. The summed E-state index contributed by atoms with van der Waals surface area (Å²) in [4.78, 5) is 0. The highest BCUT2D eigenvalue weighted by Gasteiger charge is 2.28. The van der Waals surface area contributed by atoms with Gasteiger partial charge in [0.1, 0.15) is 5.58 Å². The molecule has 1 heterocycles. The molecule has 0 atom stereocenters. The van der Waals surface area contributed by atoms with Crippen molar-refractivity contribution in [1.82, 2.24) is 0 Å². The van der Waals surface area contributed by atoms with E-state index in [9.17, 15) is 15.3 Å². The lowest BCUT2D eigenvalue weighted by Gasteiger charge is -2.20. The number of hydrogen-bond acceptors (Lipinski definition) is 4. The molecule has 8 rings (SSSR count). The van der Waals surface area contributed by atoms with Crippen LogP contribution in [0.15, 0.2) is 120 Å². The fourth-order valence-electron chi connectivity index (χ4n) is 6.28. The summed E-state index contributed by atoms with van der Waals surface area (Å²) in [7, 11) is 0. The number of benzene rings is 7. The molecule has 0 aliphatic rings. The number of hydrogen-bond donors (Lipinski definition) is 3. The predicted octanol–water partition coefficient (Wildman–Crippen LogP) is 9.50. The van der Waals surface area contributed by atoms with Gasteiger partial charge in [-0.3, -0.25) is 0 Å². The topological polar surface area (TPSA) is 73.8 Å². The van der Waals surface area contributed by atoms with Crippen molar-refractivity contribution in [2.45, 2.75) is 0 Å². The second kappa shape index (κ2) is 8.26. The largest absolute Gasteiger partial charge is 0.504 e. The number of para-hydroxylation sites is 1. The summed E-state index contributed by atoms with van der Waals surface area (Å²) in [6.45, 7) is 0. The van der Waals surface area contributed by atoms with Crippen LogP contribution in [0.3, 0.4) is 0 Å². The van der Waals surface area contributed by atoms with Crippen molar-refractivity contribution in [2.24, 2.45) is 0 Å². The molecule has 0 saturated heterocycles. The molecule has 0 spiro atoms. The van der Waals surface area contributed by atoms with Crippen LogP contribution in [0.4, 0.5) is 0 Å². The Bertz CT molecular complexity index is 2250. The summed E-state index contributed by atoms with van der Waals surface area (Å²) in [5.74, 6) is -0.918. The van der Waals surface area contributed by atoms with Crippen molar-refractivity contribution in [1.29, 1.82) is 0 Å². The Hall–Kier alpha value is -5.48. The molecule has 0 unspecified atom stereocenters. The SMILES string of the molecule is Oc1c(-c2c3ccccc3c(-c3cccc4ccccc34)c3ccccc23)c(O)c2oc3ccccc3c2c1O. The Morgan fingerprint density at radius 3 is 1.60 bits per heavy atom. The molecule has 0 bridgehead atoms. The van der Waals surface area contributed by atoms with Gasteiger partial charge in [0.2, 0.25) is 0 Å². The molecular formula is C36H22O4. The van der Waals surface area contributed by atoms with Gasteiger partial charge in [0.15, 0.2) is 22.8 Å². The standard InChI is InChI=1S/C36H22O4/c37-33-31-27-17-7-8-19-28(27)40-36(31)35(39)32(34(33)38)30-25-15-5-3-13-23(25)29(24-14-4-6-16-26(24)30)22-18-9-11-20-10-1-2-12-21(20)22/h1-19,37-39H. The van der Waals surface area contributed by atoms with Crippen LogP contribution in [-0.4, -0.2) is 15.3 Å². The summed E-state index contributed by atoms with van der Waals surface area (Å²) < 4.78 is 6.03. The lowest BCUT2D eigenvalue weighted by Crippen LogP contribution is -1.92. The highest BCUT2D eigenvalue weighted by atomic mass is 16.4. The Kier molecular flexibility index (Phi) is 4.64. The third-order valence-corrected chi connectivity index (χ3v) is 7.99. The second-order valence-electron chi connectivity index (χ2n) is 10.1. The van der Waals surface area contributed by atoms with E-state index in [0.29, 0.717) is 16.5 Å². The van der Waals surface area contributed by atoms with Gasteiger partial charge in [-0.2, -0.15) is 0 Å². The van der Waals surface area contributed by atoms with E-state index in [2.05, 4.69) is 42.5 Å². The third kappa shape index (κ3) is 2.96. The van der Waals surface area contributed by atoms with Gasteiger partial charge in [-0.1, -0.05) is 109 Å². The molecule has 0 aliphatic carbocycles. The molecule has 8 aromatic rings. The summed E-state index contributed by atoms with van der Waals surface area (Å²) in [5.41, 5.74) is 3.59. The van der Waals surface area contributed by atoms with Crippen LogP contribution in [0.1, 0.15) is 0 Å². The number of furan rings is 1. The highest BCUT2D eigenvalue weighted by molar-refractivity contribution is 6.26. The smallest absolute Gasteiger partial charge is 0.181 e. The minimum atomic E-state index is -0.384. The van der Waals surface area contributed by atoms with Gasteiger partial charge in [0, 0.05) is 10.9 Å². The van der Waals surface area contributed by atoms with E-state index in [1.807, 2.05) is 60.7 Å². The quantitative estimate of drug-likeness (QED) is 0.121. The molecule has 4 heteroatoms. The van der Waals surface area contributed by atoms with Crippen LogP contribution < -0.4 is 0 Å². The van der Waals surface area contributed by atoms with Crippen molar-refractivity contribution in [2.75, 3.05) is 0 Å². The lowest BCUT2D eigenvalue weighted by atomic mass is 9.84. The van der Waals surface area contributed by atoms with Crippen molar-refractivity contribution in [3.05, 3.63) is 115 Å². The first-order valence-electron chi connectivity index (χ1n) is 13.1. The number of fused-ring (bicyclic) bond motifs is 6. The summed E-state index contributed by atoms with van der Waals surface area (Å²) in [6, 6.07) is 37.9. The van der Waals surface area contributed by atoms with Gasteiger partial charge < -0.3 is 19.7 Å². The van der Waals surface area contributed by atoms with E-state index >= 15 is 0 Å². The van der Waals surface area contributed by atoms with Crippen LogP contribution in [0, 0.1) is 0 Å². The maximum atomic E-state index is 11.7. The van der Waals surface area contributed by atoms with Crippen LogP contribution in [0.5, 0.6) is 17.2 Å². The van der Waals surface area contributed by atoms with Gasteiger partial charge in [-0.25, -0.2) is 0 Å². The first-order valence-corrected chi connectivity index (χ1v) is 13.1. The molecule has 4 nitrogen and oxygen atoms in total. The average Bonchev–Trinajstić information content (AvgIpc) is 3.40. The molecule has 0 radical (unpaired) electrons. The van der Waals surface area contributed by atoms with Crippen molar-refractivity contribution >= 4 is 54.3 Å². The molecule has 7 aromatic carbocycles. The van der Waals surface area contributed by atoms with E-state index < -0.39 is 0 Å². The molecule has 3 N–H and O–H groups in total. The summed E-state index contributed by atoms with van der Waals surface area (Å²) >= 11 is 0. The van der Waals surface area contributed by atoms with E-state index in [-0.39, 0.29) is 33.8 Å². The Morgan fingerprint density at radius 2 is 0.925 bits per heavy atom. The monoisotopic (exact) mass is 518 g/mol. The molecule has 0 amide bonds. The zero-order valence-corrected chi connectivity index (χ0v) is 21.2. The molecule has 1 aromatic heterocycles. The summed E-state index contributed by atoms with van der Waals surface area (Å²) in [5, 5.41) is 41.3. The van der Waals surface area contributed by atoms with Crippen LogP contribution in [-0.2, 0) is 0 Å². The van der Waals surface area contributed by atoms with Crippen molar-refractivity contribution in [3.63, 3.8) is 0 Å². The fraction of sp³-hybridized carbons (Fsp3) is 0. The third-order valence-electron chi connectivity index (χ3n) is 7.99. The zero-order chi connectivity index (χ0) is 27.0. The van der Waals surface area contributed by atoms with Gasteiger partial charge in [-0.15, -0.1) is 0 Å². The van der Waals surface area contributed by atoms with E-state index in [0.717, 1.165) is 43.4 Å². The van der Waals surface area contributed by atoms with Crippen molar-refractivity contribution in [3.8, 4) is 39.5 Å². The first kappa shape index (κ1) is 22.5. The van der Waals surface area contributed by atoms with E-state index in [1.54, 1.807) is 12.1 Å². The molecule has 0 fully saturated rings. The Morgan fingerprint density at radius 1 is 0.400 bits per heavy atom. The highest BCUT2D eigenvalue weighted by Crippen LogP contribution is 2.55. The van der Waals surface area contributed by atoms with Crippen LogP contribution in [0.2, 0.25) is 0 Å². The average molecular weight is 519 g/mol. The van der Waals surface area contributed by atoms with Crippen LogP contribution in [0.25, 0.3) is 76.5 Å². The minimum absolute atomic E-state index is 0.137. The molecule has 0 saturated carbocycles. The number of phenols is 3. The van der Waals surface area contributed by atoms with Crippen LogP contribution >= 0.6 is 0 Å². The van der Waals surface area contributed by atoms with Gasteiger partial charge in [0.25, 0.3) is 0 Å². The Labute approximate surface area is 228 Å².